The molecular weight excluding hydrogens is 416 g/mol. The molecule has 0 fully saturated rings. The molecule has 0 bridgehead atoms. The second-order valence-electron chi connectivity index (χ2n) is 7.47. The Morgan fingerprint density at radius 1 is 0.909 bits per heavy atom. The lowest BCUT2D eigenvalue weighted by Gasteiger charge is -2.10. The van der Waals surface area contributed by atoms with Crippen molar-refractivity contribution in [1.82, 2.24) is 14.5 Å². The molecule has 2 N–H and O–H groups in total. The molecule has 7 nitrogen and oxygen atoms in total. The van der Waals surface area contributed by atoms with Gasteiger partial charge in [-0.1, -0.05) is 42.5 Å². The Kier molecular flexibility index (Phi) is 5.36. The number of nitrogen functional groups attached to an aromatic ring is 1. The van der Waals surface area contributed by atoms with Crippen LogP contribution in [0.1, 0.15) is 22.8 Å². The molecule has 5 aromatic rings. The van der Waals surface area contributed by atoms with Crippen molar-refractivity contribution in [1.29, 1.82) is 0 Å². The Bertz CT molecular complexity index is 1440. The van der Waals surface area contributed by atoms with Gasteiger partial charge in [-0.15, -0.1) is 0 Å². The number of hydrogen-bond acceptors (Lipinski definition) is 6. The summed E-state index contributed by atoms with van der Waals surface area (Å²) in [6.07, 6.45) is 0. The van der Waals surface area contributed by atoms with E-state index in [1.165, 1.54) is 0 Å². The zero-order chi connectivity index (χ0) is 22.8. The molecule has 0 saturated heterocycles. The van der Waals surface area contributed by atoms with Gasteiger partial charge in [-0.3, -0.25) is 4.57 Å². The molecule has 5 rings (SSSR count). The first-order valence-corrected chi connectivity index (χ1v) is 10.7. The number of fused-ring (bicyclic) bond motifs is 2. The predicted molar refractivity (Wildman–Crippen MR) is 128 cm³/mol. The van der Waals surface area contributed by atoms with Crippen molar-refractivity contribution < 1.29 is 14.3 Å². The van der Waals surface area contributed by atoms with Crippen LogP contribution in [0.3, 0.4) is 0 Å². The molecular formula is C26H22N4O3. The summed E-state index contributed by atoms with van der Waals surface area (Å²) in [5.74, 6) is 0.433. The number of anilines is 1. The van der Waals surface area contributed by atoms with Crippen LogP contribution in [0, 0.1) is 0 Å². The van der Waals surface area contributed by atoms with Crippen molar-refractivity contribution in [2.45, 2.75) is 13.5 Å². The number of nitrogens with two attached hydrogens (primary N) is 1. The van der Waals surface area contributed by atoms with E-state index in [0.29, 0.717) is 28.8 Å². The van der Waals surface area contributed by atoms with Gasteiger partial charge in [0.05, 0.1) is 17.6 Å². The van der Waals surface area contributed by atoms with Gasteiger partial charge in [-0.05, 0) is 48.9 Å². The fourth-order valence-corrected chi connectivity index (χ4v) is 3.76. The number of carbonyl (C=O) groups excluding carboxylic acids is 1. The number of rotatable bonds is 6. The van der Waals surface area contributed by atoms with E-state index in [0.717, 1.165) is 17.0 Å². The molecule has 0 aliphatic rings. The fraction of sp³-hybridized carbons (Fsp3) is 0.115. The van der Waals surface area contributed by atoms with Gasteiger partial charge in [0, 0.05) is 5.69 Å². The highest BCUT2D eigenvalue weighted by molar-refractivity contribution is 6.09. The highest BCUT2D eigenvalue weighted by Crippen LogP contribution is 2.32. The topological polar surface area (TPSA) is 92.3 Å². The average molecular weight is 438 g/mol. The summed E-state index contributed by atoms with van der Waals surface area (Å²) in [7, 11) is 0. The zero-order valence-corrected chi connectivity index (χ0v) is 18.1. The first-order chi connectivity index (χ1) is 16.2. The molecule has 7 heteroatoms. The lowest BCUT2D eigenvalue weighted by molar-refractivity contribution is 0.0529. The van der Waals surface area contributed by atoms with E-state index in [-0.39, 0.29) is 18.0 Å². The summed E-state index contributed by atoms with van der Waals surface area (Å²) in [5.41, 5.74) is 10.8. The van der Waals surface area contributed by atoms with Crippen molar-refractivity contribution in [3.8, 4) is 11.4 Å². The SMILES string of the molecule is CCOC(=O)c1c(N)n(-c2ccc(OCc3ccccc3)cc2)c2nc3ccccc3nc12. The van der Waals surface area contributed by atoms with Gasteiger partial charge in [0.25, 0.3) is 0 Å². The maximum absolute atomic E-state index is 12.7. The van der Waals surface area contributed by atoms with Gasteiger partial charge in [0.2, 0.25) is 0 Å². The van der Waals surface area contributed by atoms with Crippen LogP contribution in [0.15, 0.2) is 78.9 Å². The van der Waals surface area contributed by atoms with Crippen LogP contribution in [0.2, 0.25) is 0 Å². The number of aromatic nitrogens is 3. The maximum atomic E-state index is 12.7. The van der Waals surface area contributed by atoms with E-state index in [4.69, 9.17) is 20.2 Å². The first-order valence-electron chi connectivity index (χ1n) is 10.7. The lowest BCUT2D eigenvalue weighted by atomic mass is 10.2. The van der Waals surface area contributed by atoms with Crippen molar-refractivity contribution in [2.24, 2.45) is 0 Å². The van der Waals surface area contributed by atoms with Crippen LogP contribution < -0.4 is 10.5 Å². The molecule has 164 valence electrons. The molecule has 0 radical (unpaired) electrons. The Morgan fingerprint density at radius 3 is 2.27 bits per heavy atom. The smallest absolute Gasteiger partial charge is 0.344 e. The molecule has 0 aliphatic heterocycles. The minimum atomic E-state index is -0.522. The minimum absolute atomic E-state index is 0.217. The number of para-hydroxylation sites is 2. The van der Waals surface area contributed by atoms with E-state index < -0.39 is 5.97 Å². The summed E-state index contributed by atoms with van der Waals surface area (Å²) in [4.78, 5) is 22.2. The predicted octanol–water partition coefficient (Wildman–Crippen LogP) is 4.91. The van der Waals surface area contributed by atoms with Crippen LogP contribution in [0.25, 0.3) is 27.9 Å². The Labute approximate surface area is 190 Å². The van der Waals surface area contributed by atoms with Crippen LogP contribution in [0.5, 0.6) is 5.75 Å². The molecule has 0 unspecified atom stereocenters. The molecule has 0 saturated carbocycles. The van der Waals surface area contributed by atoms with Crippen LogP contribution >= 0.6 is 0 Å². The lowest BCUT2D eigenvalue weighted by Crippen LogP contribution is -2.09. The summed E-state index contributed by atoms with van der Waals surface area (Å²) in [6, 6.07) is 24.9. The molecule has 0 spiro atoms. The highest BCUT2D eigenvalue weighted by atomic mass is 16.5. The summed E-state index contributed by atoms with van der Waals surface area (Å²) in [6.45, 7) is 2.46. The van der Waals surface area contributed by atoms with E-state index in [9.17, 15) is 4.79 Å². The third kappa shape index (κ3) is 3.85. The van der Waals surface area contributed by atoms with Crippen molar-refractivity contribution >= 4 is 34.0 Å². The van der Waals surface area contributed by atoms with Crippen LogP contribution in [-0.2, 0) is 11.3 Å². The van der Waals surface area contributed by atoms with E-state index in [1.54, 1.807) is 11.5 Å². The Balaban J connectivity index is 1.57. The normalized spacial score (nSPS) is 11.1. The quantitative estimate of drug-likeness (QED) is 0.379. The molecule has 33 heavy (non-hydrogen) atoms. The third-order valence-electron chi connectivity index (χ3n) is 5.32. The second-order valence-corrected chi connectivity index (χ2v) is 7.47. The number of ether oxygens (including phenoxy) is 2. The second kappa shape index (κ2) is 8.63. The molecule has 2 heterocycles. The number of hydrogen-bond donors (Lipinski definition) is 1. The zero-order valence-electron chi connectivity index (χ0n) is 18.1. The van der Waals surface area contributed by atoms with E-state index >= 15 is 0 Å². The van der Waals surface area contributed by atoms with Crippen molar-refractivity contribution in [3.05, 3.63) is 90.0 Å². The molecule has 0 atom stereocenters. The molecule has 2 aromatic heterocycles. The standard InChI is InChI=1S/C26H22N4O3/c1-2-32-26(31)22-23-25(29-21-11-7-6-10-20(21)28-23)30(24(22)27)18-12-14-19(15-13-18)33-16-17-8-4-3-5-9-17/h3-15H,2,16,27H2,1H3. The highest BCUT2D eigenvalue weighted by Gasteiger charge is 2.25. The van der Waals surface area contributed by atoms with Crippen molar-refractivity contribution in [2.75, 3.05) is 12.3 Å². The molecule has 0 amide bonds. The first kappa shape index (κ1) is 20.5. The van der Waals surface area contributed by atoms with Gasteiger partial charge >= 0.3 is 5.97 Å². The van der Waals surface area contributed by atoms with Gasteiger partial charge in [-0.2, -0.15) is 0 Å². The number of esters is 1. The summed E-state index contributed by atoms with van der Waals surface area (Å²) >= 11 is 0. The monoisotopic (exact) mass is 438 g/mol. The fourth-order valence-electron chi connectivity index (χ4n) is 3.76. The third-order valence-corrected chi connectivity index (χ3v) is 5.32. The van der Waals surface area contributed by atoms with E-state index in [2.05, 4.69) is 4.98 Å². The maximum Gasteiger partial charge on any atom is 0.344 e. The minimum Gasteiger partial charge on any atom is -0.489 e. The largest absolute Gasteiger partial charge is 0.489 e. The molecule has 0 aliphatic carbocycles. The van der Waals surface area contributed by atoms with Crippen LogP contribution in [-0.4, -0.2) is 27.1 Å². The number of nitrogens with zero attached hydrogens (tertiary/aromatic N) is 3. The average Bonchev–Trinajstić information content (AvgIpc) is 3.13. The Hall–Kier alpha value is -4.39. The summed E-state index contributed by atoms with van der Waals surface area (Å²) in [5, 5.41) is 0. The number of benzene rings is 3. The van der Waals surface area contributed by atoms with E-state index in [1.807, 2.05) is 78.9 Å². The van der Waals surface area contributed by atoms with Gasteiger partial charge in [0.15, 0.2) is 5.65 Å². The molecule has 3 aromatic carbocycles. The van der Waals surface area contributed by atoms with Gasteiger partial charge in [-0.25, -0.2) is 14.8 Å². The van der Waals surface area contributed by atoms with Crippen molar-refractivity contribution in [3.63, 3.8) is 0 Å². The Morgan fingerprint density at radius 2 is 1.58 bits per heavy atom. The number of carbonyl (C=O) groups is 1. The van der Waals surface area contributed by atoms with Gasteiger partial charge < -0.3 is 15.2 Å². The summed E-state index contributed by atoms with van der Waals surface area (Å²) < 4.78 is 12.9. The van der Waals surface area contributed by atoms with Crippen LogP contribution in [0.4, 0.5) is 5.82 Å². The van der Waals surface area contributed by atoms with Gasteiger partial charge in [0.1, 0.15) is 29.3 Å².